The average Bonchev–Trinajstić information content (AvgIpc) is 2.55. The first-order valence-electron chi connectivity index (χ1n) is 8.78. The minimum absolute atomic E-state index is 0.133. The number of piperazine rings is 1. The highest BCUT2D eigenvalue weighted by molar-refractivity contribution is 5.79. The average molecular weight is 311 g/mol. The minimum Gasteiger partial charge on any atom is -0.357 e. The lowest BCUT2D eigenvalue weighted by Crippen LogP contribution is -2.54. The third kappa shape index (κ3) is 3.06. The lowest BCUT2D eigenvalue weighted by atomic mass is 9.99. The van der Waals surface area contributed by atoms with Crippen molar-refractivity contribution < 1.29 is 0 Å². The summed E-state index contributed by atoms with van der Waals surface area (Å²) >= 11 is 0. The topological polar surface area (TPSA) is 39.3 Å². The van der Waals surface area contributed by atoms with E-state index in [-0.39, 0.29) is 5.43 Å². The molecule has 3 heterocycles. The van der Waals surface area contributed by atoms with Crippen LogP contribution in [0.2, 0.25) is 0 Å². The molecule has 1 aromatic carbocycles. The van der Waals surface area contributed by atoms with E-state index in [1.165, 1.54) is 32.4 Å². The lowest BCUT2D eigenvalue weighted by Gasteiger charge is -2.44. The molecule has 23 heavy (non-hydrogen) atoms. The molecule has 2 aliphatic rings. The van der Waals surface area contributed by atoms with Gasteiger partial charge in [0.2, 0.25) is 0 Å². The number of pyridine rings is 1. The molecular weight excluding hydrogens is 286 g/mol. The van der Waals surface area contributed by atoms with E-state index in [1.807, 2.05) is 19.1 Å². The quantitative estimate of drug-likeness (QED) is 0.926. The van der Waals surface area contributed by atoms with Crippen LogP contribution < -0.4 is 5.43 Å². The summed E-state index contributed by atoms with van der Waals surface area (Å²) in [6.07, 6.45) is 4.04. The molecule has 122 valence electrons. The first-order valence-corrected chi connectivity index (χ1v) is 8.78. The van der Waals surface area contributed by atoms with Crippen molar-refractivity contribution in [3.05, 3.63) is 45.7 Å². The lowest BCUT2D eigenvalue weighted by molar-refractivity contribution is 0.0451. The monoisotopic (exact) mass is 311 g/mol. The third-order valence-corrected chi connectivity index (χ3v) is 5.36. The van der Waals surface area contributed by atoms with Gasteiger partial charge in [0, 0.05) is 54.9 Å². The Morgan fingerprint density at radius 3 is 3.00 bits per heavy atom. The van der Waals surface area contributed by atoms with Crippen LogP contribution in [0.3, 0.4) is 0 Å². The van der Waals surface area contributed by atoms with Gasteiger partial charge in [-0.2, -0.15) is 0 Å². The second-order valence-corrected chi connectivity index (χ2v) is 7.13. The SMILES string of the molecule is Cc1ccc2[nH]c(CN3CCN4CCCC[C@H]4C3)cc(=O)c2c1. The van der Waals surface area contributed by atoms with Gasteiger partial charge in [-0.1, -0.05) is 18.1 Å². The number of benzene rings is 1. The number of aromatic nitrogens is 1. The summed E-state index contributed by atoms with van der Waals surface area (Å²) in [6, 6.07) is 8.55. The highest BCUT2D eigenvalue weighted by Crippen LogP contribution is 2.22. The number of rotatable bonds is 2. The molecule has 1 atom stereocenters. The maximum Gasteiger partial charge on any atom is 0.189 e. The van der Waals surface area contributed by atoms with Gasteiger partial charge in [-0.05, 0) is 38.4 Å². The first kappa shape index (κ1) is 14.9. The number of piperidine rings is 1. The van der Waals surface area contributed by atoms with Gasteiger partial charge in [-0.3, -0.25) is 14.6 Å². The normalized spacial score (nSPS) is 23.1. The van der Waals surface area contributed by atoms with E-state index in [0.717, 1.165) is 41.8 Å². The van der Waals surface area contributed by atoms with Crippen molar-refractivity contribution in [3.8, 4) is 0 Å². The number of hydrogen-bond donors (Lipinski definition) is 1. The van der Waals surface area contributed by atoms with Gasteiger partial charge in [0.15, 0.2) is 5.43 Å². The van der Waals surface area contributed by atoms with Gasteiger partial charge in [-0.25, -0.2) is 0 Å². The molecule has 2 aromatic rings. The standard InChI is InChI=1S/C19H25N3O/c1-14-5-6-18-17(10-14)19(23)11-15(20-18)12-21-8-9-22-7-3-2-4-16(22)13-21/h5-6,10-11,16H,2-4,7-9,12-13H2,1H3,(H,20,23)/t16-/m0/s1. The summed E-state index contributed by atoms with van der Waals surface area (Å²) in [7, 11) is 0. The van der Waals surface area contributed by atoms with E-state index in [4.69, 9.17) is 0 Å². The first-order chi connectivity index (χ1) is 11.2. The molecule has 1 N–H and O–H groups in total. The van der Waals surface area contributed by atoms with Gasteiger partial charge in [0.25, 0.3) is 0 Å². The van der Waals surface area contributed by atoms with Crippen molar-refractivity contribution in [1.29, 1.82) is 0 Å². The van der Waals surface area contributed by atoms with Gasteiger partial charge < -0.3 is 4.98 Å². The Balaban J connectivity index is 1.53. The molecule has 2 saturated heterocycles. The third-order valence-electron chi connectivity index (χ3n) is 5.36. The highest BCUT2D eigenvalue weighted by Gasteiger charge is 2.28. The molecule has 4 nitrogen and oxygen atoms in total. The fourth-order valence-corrected chi connectivity index (χ4v) is 4.11. The van der Waals surface area contributed by atoms with Crippen LogP contribution >= 0.6 is 0 Å². The highest BCUT2D eigenvalue weighted by atomic mass is 16.1. The Morgan fingerprint density at radius 2 is 2.09 bits per heavy atom. The van der Waals surface area contributed by atoms with Crippen LogP contribution in [0.15, 0.2) is 29.1 Å². The molecule has 0 unspecified atom stereocenters. The summed E-state index contributed by atoms with van der Waals surface area (Å²) < 4.78 is 0. The van der Waals surface area contributed by atoms with Crippen molar-refractivity contribution in [2.75, 3.05) is 26.2 Å². The van der Waals surface area contributed by atoms with Crippen LogP contribution in [0.1, 0.15) is 30.5 Å². The number of nitrogens with zero attached hydrogens (tertiary/aromatic N) is 2. The number of hydrogen-bond acceptors (Lipinski definition) is 3. The molecule has 4 heteroatoms. The maximum absolute atomic E-state index is 12.4. The van der Waals surface area contributed by atoms with Crippen LogP contribution in [0.25, 0.3) is 10.9 Å². The zero-order valence-electron chi connectivity index (χ0n) is 13.8. The van der Waals surface area contributed by atoms with Crippen LogP contribution in [0.5, 0.6) is 0 Å². The summed E-state index contributed by atoms with van der Waals surface area (Å²) in [5, 5.41) is 0.797. The molecule has 1 aromatic heterocycles. The predicted octanol–water partition coefficient (Wildman–Crippen LogP) is 2.51. The van der Waals surface area contributed by atoms with Gasteiger partial charge in [-0.15, -0.1) is 0 Å². The maximum atomic E-state index is 12.4. The molecule has 0 saturated carbocycles. The summed E-state index contributed by atoms with van der Waals surface area (Å²) in [5.41, 5.74) is 3.25. The van der Waals surface area contributed by atoms with Gasteiger partial charge >= 0.3 is 0 Å². The fourth-order valence-electron chi connectivity index (χ4n) is 4.11. The van der Waals surface area contributed by atoms with Crippen molar-refractivity contribution >= 4 is 10.9 Å². The minimum atomic E-state index is 0.133. The molecule has 0 spiro atoms. The predicted molar refractivity (Wildman–Crippen MR) is 93.8 cm³/mol. The van der Waals surface area contributed by atoms with E-state index in [1.54, 1.807) is 6.07 Å². The van der Waals surface area contributed by atoms with Crippen LogP contribution in [-0.2, 0) is 6.54 Å². The Labute approximate surface area is 137 Å². The Kier molecular flexibility index (Phi) is 3.95. The van der Waals surface area contributed by atoms with E-state index in [0.29, 0.717) is 6.04 Å². The second-order valence-electron chi connectivity index (χ2n) is 7.13. The van der Waals surface area contributed by atoms with E-state index in [2.05, 4.69) is 20.9 Å². The largest absolute Gasteiger partial charge is 0.357 e. The van der Waals surface area contributed by atoms with Crippen molar-refractivity contribution in [3.63, 3.8) is 0 Å². The van der Waals surface area contributed by atoms with Crippen LogP contribution in [-0.4, -0.2) is 47.0 Å². The van der Waals surface area contributed by atoms with E-state index in [9.17, 15) is 4.79 Å². The van der Waals surface area contributed by atoms with Crippen molar-refractivity contribution in [1.82, 2.24) is 14.8 Å². The molecule has 2 fully saturated rings. The van der Waals surface area contributed by atoms with Gasteiger partial charge in [0.05, 0.1) is 0 Å². The van der Waals surface area contributed by atoms with Crippen molar-refractivity contribution in [2.45, 2.75) is 38.8 Å². The molecule has 0 radical (unpaired) electrons. The molecular formula is C19H25N3O. The zero-order valence-corrected chi connectivity index (χ0v) is 13.8. The number of fused-ring (bicyclic) bond motifs is 2. The Morgan fingerprint density at radius 1 is 1.17 bits per heavy atom. The Hall–Kier alpha value is -1.65. The summed E-state index contributed by atoms with van der Waals surface area (Å²) in [5.74, 6) is 0. The zero-order chi connectivity index (χ0) is 15.8. The Bertz CT molecular complexity index is 767. The molecule has 2 aliphatic heterocycles. The number of nitrogens with one attached hydrogen (secondary N) is 1. The van der Waals surface area contributed by atoms with E-state index < -0.39 is 0 Å². The second kappa shape index (κ2) is 6.10. The molecule has 0 bridgehead atoms. The summed E-state index contributed by atoms with van der Waals surface area (Å²) in [6.45, 7) is 7.55. The molecule has 0 amide bonds. The van der Waals surface area contributed by atoms with Crippen molar-refractivity contribution in [2.24, 2.45) is 0 Å². The summed E-state index contributed by atoms with van der Waals surface area (Å²) in [4.78, 5) is 21.0. The molecule has 0 aliphatic carbocycles. The number of aromatic amines is 1. The number of aryl methyl sites for hydroxylation is 1. The molecule has 4 rings (SSSR count). The van der Waals surface area contributed by atoms with E-state index >= 15 is 0 Å². The smallest absolute Gasteiger partial charge is 0.189 e. The number of H-pyrrole nitrogens is 1. The van der Waals surface area contributed by atoms with Gasteiger partial charge in [0.1, 0.15) is 0 Å². The fraction of sp³-hybridized carbons (Fsp3) is 0.526. The van der Waals surface area contributed by atoms with Crippen LogP contribution in [0.4, 0.5) is 0 Å². The van der Waals surface area contributed by atoms with Crippen LogP contribution in [0, 0.1) is 6.92 Å².